The molecule has 0 fully saturated rings. The molecule has 0 saturated carbocycles. The fourth-order valence-electron chi connectivity index (χ4n) is 1.83. The van der Waals surface area contributed by atoms with Crippen LogP contribution in [0.2, 0.25) is 0 Å². The van der Waals surface area contributed by atoms with Gasteiger partial charge in [-0.3, -0.25) is 9.63 Å². The maximum atomic E-state index is 12.3. The molecule has 0 aliphatic heterocycles. The number of hydrogen-bond donors (Lipinski definition) is 0. The van der Waals surface area contributed by atoms with E-state index in [1.165, 1.54) is 5.06 Å². The van der Waals surface area contributed by atoms with Crippen LogP contribution in [0.5, 0.6) is 0 Å². The van der Waals surface area contributed by atoms with Gasteiger partial charge in [-0.1, -0.05) is 37.3 Å². The first-order valence-electron chi connectivity index (χ1n) is 6.28. The zero-order valence-electron chi connectivity index (χ0n) is 11.3. The van der Waals surface area contributed by atoms with Crippen molar-refractivity contribution in [1.82, 2.24) is 5.06 Å². The summed E-state index contributed by atoms with van der Waals surface area (Å²) in [5.74, 6) is -0.0885. The van der Waals surface area contributed by atoms with Crippen molar-refractivity contribution in [3.63, 3.8) is 0 Å². The van der Waals surface area contributed by atoms with Crippen molar-refractivity contribution in [1.29, 1.82) is 0 Å². The van der Waals surface area contributed by atoms with Gasteiger partial charge in [-0.15, -0.1) is 0 Å². The molecule has 0 aliphatic rings. The highest BCUT2D eigenvalue weighted by Gasteiger charge is 2.22. The van der Waals surface area contributed by atoms with Gasteiger partial charge in [0.25, 0.3) is 5.91 Å². The van der Waals surface area contributed by atoms with Crippen LogP contribution in [-0.4, -0.2) is 24.1 Å². The van der Waals surface area contributed by atoms with Crippen LogP contribution < -0.4 is 0 Å². The normalized spacial score (nSPS) is 12.6. The van der Waals surface area contributed by atoms with Crippen molar-refractivity contribution in [2.75, 3.05) is 7.11 Å². The van der Waals surface area contributed by atoms with E-state index < -0.39 is 0 Å². The molecule has 0 aromatic heterocycles. The van der Waals surface area contributed by atoms with E-state index in [4.69, 9.17) is 4.84 Å². The van der Waals surface area contributed by atoms with Crippen LogP contribution in [0.15, 0.2) is 42.5 Å². The first kappa shape index (κ1) is 14.5. The molecule has 0 N–H and O–H groups in total. The molecule has 18 heavy (non-hydrogen) atoms. The lowest BCUT2D eigenvalue weighted by Gasteiger charge is -2.27. The molecule has 0 heterocycles. The highest BCUT2D eigenvalue weighted by molar-refractivity contribution is 5.93. The van der Waals surface area contributed by atoms with E-state index in [0.717, 1.165) is 12.8 Å². The number of benzene rings is 1. The van der Waals surface area contributed by atoms with Crippen LogP contribution in [0.4, 0.5) is 0 Å². The number of nitrogens with zero attached hydrogens (tertiary/aromatic N) is 1. The molecular formula is C15H21NO2. The lowest BCUT2D eigenvalue weighted by Crippen LogP contribution is -2.39. The van der Waals surface area contributed by atoms with Crippen molar-refractivity contribution < 1.29 is 9.63 Å². The topological polar surface area (TPSA) is 29.5 Å². The molecule has 0 saturated heterocycles. The van der Waals surface area contributed by atoms with Gasteiger partial charge in [0.15, 0.2) is 0 Å². The summed E-state index contributed by atoms with van der Waals surface area (Å²) in [5.41, 5.74) is 0.651. The summed E-state index contributed by atoms with van der Waals surface area (Å²) in [4.78, 5) is 17.6. The van der Waals surface area contributed by atoms with E-state index in [1.54, 1.807) is 19.2 Å². The second-order valence-electron chi connectivity index (χ2n) is 4.05. The summed E-state index contributed by atoms with van der Waals surface area (Å²) < 4.78 is 0. The van der Waals surface area contributed by atoms with E-state index >= 15 is 0 Å². The molecule has 98 valence electrons. The number of carbonyl (C=O) groups is 1. The van der Waals surface area contributed by atoms with Crippen LogP contribution in [0.1, 0.15) is 37.0 Å². The lowest BCUT2D eigenvalue weighted by molar-refractivity contribution is -0.123. The largest absolute Gasteiger partial charge is 0.277 e. The fourth-order valence-corrected chi connectivity index (χ4v) is 1.83. The average molecular weight is 247 g/mol. The number of carbonyl (C=O) groups excluding carboxylic acids is 1. The second-order valence-corrected chi connectivity index (χ2v) is 4.05. The van der Waals surface area contributed by atoms with E-state index in [9.17, 15) is 4.79 Å². The van der Waals surface area contributed by atoms with Crippen LogP contribution >= 0.6 is 0 Å². The molecule has 0 radical (unpaired) electrons. The Morgan fingerprint density at radius 1 is 1.39 bits per heavy atom. The smallest absolute Gasteiger partial charge is 0.274 e. The minimum atomic E-state index is -0.0885. The molecule has 1 aromatic carbocycles. The van der Waals surface area contributed by atoms with Gasteiger partial charge in [0.05, 0.1) is 13.2 Å². The van der Waals surface area contributed by atoms with Crippen molar-refractivity contribution in [3.05, 3.63) is 48.0 Å². The first-order valence-corrected chi connectivity index (χ1v) is 6.28. The van der Waals surface area contributed by atoms with Gasteiger partial charge in [0.2, 0.25) is 0 Å². The second kappa shape index (κ2) is 7.67. The van der Waals surface area contributed by atoms with Crippen LogP contribution in [0.3, 0.4) is 0 Å². The third-order valence-corrected chi connectivity index (χ3v) is 2.86. The highest BCUT2D eigenvalue weighted by atomic mass is 16.7. The lowest BCUT2D eigenvalue weighted by atomic mass is 10.1. The van der Waals surface area contributed by atoms with E-state index in [2.05, 4.69) is 13.0 Å². The number of hydrogen-bond acceptors (Lipinski definition) is 2. The third kappa shape index (κ3) is 3.70. The van der Waals surface area contributed by atoms with Gasteiger partial charge in [-0.05, 0) is 31.9 Å². The van der Waals surface area contributed by atoms with Crippen molar-refractivity contribution in [3.8, 4) is 0 Å². The van der Waals surface area contributed by atoms with Gasteiger partial charge in [-0.25, -0.2) is 5.06 Å². The van der Waals surface area contributed by atoms with Gasteiger partial charge in [0.1, 0.15) is 0 Å². The Kier molecular flexibility index (Phi) is 6.15. The van der Waals surface area contributed by atoms with Gasteiger partial charge < -0.3 is 0 Å². The standard InChI is InChI=1S/C15H21NO2/c1-4-6-12-14(5-2)16(18-3)15(17)13-10-8-7-9-11-13/h4,6-11,14H,5,12H2,1-3H3/b6-4-. The molecule has 1 atom stereocenters. The summed E-state index contributed by atoms with van der Waals surface area (Å²) in [6.45, 7) is 4.03. The Morgan fingerprint density at radius 3 is 2.56 bits per heavy atom. The van der Waals surface area contributed by atoms with Crippen molar-refractivity contribution >= 4 is 5.91 Å². The molecule has 1 amide bonds. The summed E-state index contributed by atoms with van der Waals surface area (Å²) in [5, 5.41) is 1.47. The summed E-state index contributed by atoms with van der Waals surface area (Å²) >= 11 is 0. The average Bonchev–Trinajstić information content (AvgIpc) is 2.43. The zero-order chi connectivity index (χ0) is 13.4. The Hall–Kier alpha value is -1.61. The van der Waals surface area contributed by atoms with Crippen LogP contribution in [0.25, 0.3) is 0 Å². The Labute approximate surface area is 109 Å². The minimum absolute atomic E-state index is 0.0684. The predicted molar refractivity (Wildman–Crippen MR) is 73.1 cm³/mol. The number of hydroxylamine groups is 2. The van der Waals surface area contributed by atoms with Crippen molar-refractivity contribution in [2.45, 2.75) is 32.7 Å². The van der Waals surface area contributed by atoms with E-state index in [0.29, 0.717) is 5.56 Å². The van der Waals surface area contributed by atoms with Gasteiger partial charge in [0, 0.05) is 5.56 Å². The summed E-state index contributed by atoms with van der Waals surface area (Å²) in [6.07, 6.45) is 5.71. The molecule has 1 unspecified atom stereocenters. The number of amides is 1. The third-order valence-electron chi connectivity index (χ3n) is 2.86. The quantitative estimate of drug-likeness (QED) is 0.569. The van der Waals surface area contributed by atoms with Gasteiger partial charge >= 0.3 is 0 Å². The fraction of sp³-hybridized carbons (Fsp3) is 0.400. The summed E-state index contributed by atoms with van der Waals surface area (Å²) in [6, 6.07) is 9.28. The zero-order valence-corrected chi connectivity index (χ0v) is 11.3. The van der Waals surface area contributed by atoms with Crippen LogP contribution in [0, 0.1) is 0 Å². The minimum Gasteiger partial charge on any atom is -0.274 e. The molecule has 1 rings (SSSR count). The Bertz CT molecular complexity index is 387. The SMILES string of the molecule is C/C=C\CC(CC)N(OC)C(=O)c1ccccc1. The van der Waals surface area contributed by atoms with Gasteiger partial charge in [-0.2, -0.15) is 0 Å². The van der Waals surface area contributed by atoms with Crippen LogP contribution in [-0.2, 0) is 4.84 Å². The molecular weight excluding hydrogens is 226 g/mol. The first-order chi connectivity index (χ1) is 8.74. The number of allylic oxidation sites excluding steroid dienone is 1. The molecule has 3 heteroatoms. The summed E-state index contributed by atoms with van der Waals surface area (Å²) in [7, 11) is 1.54. The Balaban J connectivity index is 2.84. The molecule has 0 spiro atoms. The maximum Gasteiger partial charge on any atom is 0.277 e. The molecule has 0 aliphatic carbocycles. The van der Waals surface area contributed by atoms with E-state index in [-0.39, 0.29) is 11.9 Å². The molecule has 1 aromatic rings. The molecule has 0 bridgehead atoms. The Morgan fingerprint density at radius 2 is 2.06 bits per heavy atom. The highest BCUT2D eigenvalue weighted by Crippen LogP contribution is 2.14. The maximum absolute atomic E-state index is 12.3. The monoisotopic (exact) mass is 247 g/mol. The molecule has 3 nitrogen and oxygen atoms in total. The van der Waals surface area contributed by atoms with Crippen molar-refractivity contribution in [2.24, 2.45) is 0 Å². The number of rotatable bonds is 6. The van der Waals surface area contributed by atoms with E-state index in [1.807, 2.05) is 31.2 Å². The predicted octanol–water partition coefficient (Wildman–Crippen LogP) is 3.44.